The van der Waals surface area contributed by atoms with Gasteiger partial charge in [-0.15, -0.1) is 0 Å². The summed E-state index contributed by atoms with van der Waals surface area (Å²) in [6.07, 6.45) is 15.5. The van der Waals surface area contributed by atoms with Crippen molar-refractivity contribution in [1.82, 2.24) is 0 Å². The first-order valence-corrected chi connectivity index (χ1v) is 10.8. The van der Waals surface area contributed by atoms with Crippen LogP contribution in [0.3, 0.4) is 0 Å². The molecular weight excluding hydrogens is 348 g/mol. The van der Waals surface area contributed by atoms with Crippen molar-refractivity contribution in [3.63, 3.8) is 0 Å². The van der Waals surface area contributed by atoms with Crippen LogP contribution in [0.25, 0.3) is 0 Å². The summed E-state index contributed by atoms with van der Waals surface area (Å²) in [4.78, 5) is 23.7. The molecule has 3 nitrogen and oxygen atoms in total. The van der Waals surface area contributed by atoms with Crippen molar-refractivity contribution in [1.29, 1.82) is 0 Å². The number of rotatable bonds is 12. The second kappa shape index (κ2) is 10.7. The summed E-state index contributed by atoms with van der Waals surface area (Å²) >= 11 is 0. The lowest BCUT2D eigenvalue weighted by Gasteiger charge is -2.20. The molecule has 2 aliphatic rings. The van der Waals surface area contributed by atoms with Crippen LogP contribution in [-0.4, -0.2) is 22.8 Å². The highest BCUT2D eigenvalue weighted by atomic mass is 16.3. The summed E-state index contributed by atoms with van der Waals surface area (Å²) in [6.45, 7) is 7.44. The van der Waals surface area contributed by atoms with Crippen molar-refractivity contribution in [3.05, 3.63) is 46.6 Å². The number of allylic oxidation sites excluding steroid dienone is 8. The minimum Gasteiger partial charge on any atom is -0.393 e. The molecule has 1 N–H and O–H groups in total. The Labute approximate surface area is 170 Å². The summed E-state index contributed by atoms with van der Waals surface area (Å²) in [5, 5.41) is 10.0. The fraction of sp³-hybridized carbons (Fsp3) is 0.600. The van der Waals surface area contributed by atoms with E-state index in [0.29, 0.717) is 6.42 Å². The van der Waals surface area contributed by atoms with Gasteiger partial charge in [0.25, 0.3) is 0 Å². The minimum absolute atomic E-state index is 0.0764. The van der Waals surface area contributed by atoms with E-state index in [0.717, 1.165) is 50.5 Å². The van der Waals surface area contributed by atoms with E-state index in [1.54, 1.807) is 6.92 Å². The third kappa shape index (κ3) is 6.41. The van der Waals surface area contributed by atoms with E-state index in [9.17, 15) is 14.7 Å². The van der Waals surface area contributed by atoms with Crippen molar-refractivity contribution in [3.8, 4) is 0 Å². The van der Waals surface area contributed by atoms with Gasteiger partial charge in [-0.3, -0.25) is 9.59 Å². The summed E-state index contributed by atoms with van der Waals surface area (Å²) in [6, 6.07) is 0. The number of hydrogen-bond donors (Lipinski definition) is 1. The number of aliphatic hydroxyl groups is 1. The SMILES string of the molecule is CCC(C)C(=O)CC(CCCCC1=CC(C2=CC(C(C)=O)=CC2)=CC1)C(C)O. The van der Waals surface area contributed by atoms with Gasteiger partial charge in [-0.2, -0.15) is 0 Å². The smallest absolute Gasteiger partial charge is 0.159 e. The summed E-state index contributed by atoms with van der Waals surface area (Å²) in [7, 11) is 0. The Kier molecular flexibility index (Phi) is 8.62. The molecule has 0 aromatic carbocycles. The summed E-state index contributed by atoms with van der Waals surface area (Å²) < 4.78 is 0. The second-order valence-corrected chi connectivity index (χ2v) is 8.48. The normalized spacial score (nSPS) is 19.5. The Morgan fingerprint density at radius 1 is 1.11 bits per heavy atom. The number of ketones is 2. The van der Waals surface area contributed by atoms with Crippen molar-refractivity contribution in [2.45, 2.75) is 85.2 Å². The molecule has 3 unspecified atom stereocenters. The zero-order valence-corrected chi connectivity index (χ0v) is 18.0. The Morgan fingerprint density at radius 2 is 1.86 bits per heavy atom. The van der Waals surface area contributed by atoms with Crippen LogP contribution in [0, 0.1) is 11.8 Å². The van der Waals surface area contributed by atoms with Crippen molar-refractivity contribution in [2.24, 2.45) is 11.8 Å². The number of carbonyl (C=O) groups excluding carboxylic acids is 2. The van der Waals surface area contributed by atoms with Gasteiger partial charge in [0.1, 0.15) is 5.78 Å². The number of unbranched alkanes of at least 4 members (excludes halogenated alkanes) is 1. The van der Waals surface area contributed by atoms with E-state index in [-0.39, 0.29) is 23.4 Å². The highest BCUT2D eigenvalue weighted by Gasteiger charge is 2.21. The van der Waals surface area contributed by atoms with E-state index < -0.39 is 6.10 Å². The quantitative estimate of drug-likeness (QED) is 0.442. The largest absolute Gasteiger partial charge is 0.393 e. The second-order valence-electron chi connectivity index (χ2n) is 8.48. The first kappa shape index (κ1) is 22.5. The maximum Gasteiger partial charge on any atom is 0.159 e. The molecule has 2 aliphatic carbocycles. The van der Waals surface area contributed by atoms with Gasteiger partial charge in [-0.05, 0) is 75.5 Å². The van der Waals surface area contributed by atoms with Crippen molar-refractivity contribution >= 4 is 11.6 Å². The Balaban J connectivity index is 1.75. The molecule has 154 valence electrons. The molecule has 0 heterocycles. The molecule has 0 aliphatic heterocycles. The van der Waals surface area contributed by atoms with Crippen LogP contribution in [0.4, 0.5) is 0 Å². The summed E-state index contributed by atoms with van der Waals surface area (Å²) in [5.41, 5.74) is 4.78. The van der Waals surface area contributed by atoms with Crippen LogP contribution >= 0.6 is 0 Å². The van der Waals surface area contributed by atoms with Gasteiger partial charge >= 0.3 is 0 Å². The van der Waals surface area contributed by atoms with Crippen LogP contribution in [0.1, 0.15) is 79.1 Å². The average molecular weight is 385 g/mol. The van der Waals surface area contributed by atoms with E-state index in [4.69, 9.17) is 0 Å². The van der Waals surface area contributed by atoms with Gasteiger partial charge in [0.15, 0.2) is 5.78 Å². The van der Waals surface area contributed by atoms with Crippen molar-refractivity contribution < 1.29 is 14.7 Å². The molecular formula is C25H36O3. The summed E-state index contributed by atoms with van der Waals surface area (Å²) in [5.74, 6) is 0.589. The van der Waals surface area contributed by atoms with Gasteiger partial charge in [0, 0.05) is 17.9 Å². The molecule has 0 aromatic rings. The number of carbonyl (C=O) groups is 2. The molecule has 0 amide bonds. The molecule has 2 rings (SSSR count). The van der Waals surface area contributed by atoms with E-state index in [1.807, 2.05) is 32.9 Å². The molecule has 3 heteroatoms. The topological polar surface area (TPSA) is 54.4 Å². The van der Waals surface area contributed by atoms with E-state index >= 15 is 0 Å². The fourth-order valence-corrected chi connectivity index (χ4v) is 3.91. The van der Waals surface area contributed by atoms with Gasteiger partial charge in [0.05, 0.1) is 6.10 Å². The predicted molar refractivity (Wildman–Crippen MR) is 115 cm³/mol. The van der Waals surface area contributed by atoms with Gasteiger partial charge in [-0.1, -0.05) is 44.1 Å². The van der Waals surface area contributed by atoms with Crippen LogP contribution in [0.15, 0.2) is 46.6 Å². The number of hydrogen-bond acceptors (Lipinski definition) is 3. The maximum atomic E-state index is 12.2. The molecule has 3 atom stereocenters. The highest BCUT2D eigenvalue weighted by molar-refractivity contribution is 5.97. The minimum atomic E-state index is -0.427. The molecule has 0 spiro atoms. The van der Waals surface area contributed by atoms with Crippen molar-refractivity contribution in [2.75, 3.05) is 0 Å². The Morgan fingerprint density at radius 3 is 2.46 bits per heavy atom. The van der Waals surface area contributed by atoms with Crippen LogP contribution < -0.4 is 0 Å². The molecule has 0 saturated heterocycles. The highest BCUT2D eigenvalue weighted by Crippen LogP contribution is 2.32. The van der Waals surface area contributed by atoms with Crippen LogP contribution in [0.2, 0.25) is 0 Å². The average Bonchev–Trinajstić information content (AvgIpc) is 3.32. The lowest BCUT2D eigenvalue weighted by Crippen LogP contribution is -2.23. The molecule has 0 radical (unpaired) electrons. The Hall–Kier alpha value is -1.74. The third-order valence-electron chi connectivity index (χ3n) is 6.22. The predicted octanol–water partition coefficient (Wildman–Crippen LogP) is 5.65. The lowest BCUT2D eigenvalue weighted by atomic mass is 9.87. The molecule has 0 fully saturated rings. The molecule has 0 aromatic heterocycles. The first-order chi connectivity index (χ1) is 13.3. The van der Waals surface area contributed by atoms with Gasteiger partial charge in [0.2, 0.25) is 0 Å². The van der Waals surface area contributed by atoms with E-state index in [2.05, 4.69) is 12.2 Å². The lowest BCUT2D eigenvalue weighted by molar-refractivity contribution is -0.124. The van der Waals surface area contributed by atoms with Crippen LogP contribution in [-0.2, 0) is 9.59 Å². The first-order valence-electron chi connectivity index (χ1n) is 10.8. The zero-order valence-electron chi connectivity index (χ0n) is 18.0. The monoisotopic (exact) mass is 384 g/mol. The number of aliphatic hydroxyl groups excluding tert-OH is 1. The molecule has 0 bridgehead atoms. The van der Waals surface area contributed by atoms with Gasteiger partial charge < -0.3 is 5.11 Å². The standard InChI is InChI=1S/C25H36O3/c1-5-17(2)25(28)16-21(18(3)26)9-7-6-8-20-10-11-23(14-20)24-13-12-22(15-24)19(4)27/h11-12,14-15,17-18,21,26H,5-10,13,16H2,1-4H3. The van der Waals surface area contributed by atoms with Crippen LogP contribution in [0.5, 0.6) is 0 Å². The van der Waals surface area contributed by atoms with E-state index in [1.165, 1.54) is 16.7 Å². The zero-order chi connectivity index (χ0) is 20.7. The number of Topliss-reactive ketones (excluding diaryl/α,β-unsaturated/α-hetero) is 2. The molecule has 0 saturated carbocycles. The van der Waals surface area contributed by atoms with Gasteiger partial charge in [-0.25, -0.2) is 0 Å². The molecule has 28 heavy (non-hydrogen) atoms. The third-order valence-corrected chi connectivity index (χ3v) is 6.22. The Bertz CT molecular complexity index is 703. The maximum absolute atomic E-state index is 12.2. The fourth-order valence-electron chi connectivity index (χ4n) is 3.91.